The molecule has 156 valence electrons. The molecule has 2 aliphatic heterocycles. The zero-order chi connectivity index (χ0) is 20.3. The molecule has 3 heterocycles. The molecule has 2 fully saturated rings. The van der Waals surface area contributed by atoms with Crippen molar-refractivity contribution in [1.29, 1.82) is 0 Å². The number of hydrogen-bond acceptors (Lipinski definition) is 4. The zero-order valence-electron chi connectivity index (χ0n) is 17.2. The van der Waals surface area contributed by atoms with Crippen LogP contribution in [0.1, 0.15) is 30.5 Å². The van der Waals surface area contributed by atoms with E-state index >= 15 is 0 Å². The van der Waals surface area contributed by atoms with E-state index in [9.17, 15) is 9.50 Å². The number of nitrogens with zero attached hydrogens (tertiary/aromatic N) is 4. The van der Waals surface area contributed by atoms with Crippen LogP contribution in [0.15, 0.2) is 42.9 Å². The molecule has 2 aromatic rings. The van der Waals surface area contributed by atoms with Crippen LogP contribution in [0.5, 0.6) is 0 Å². The Bertz CT molecular complexity index is 824. The largest absolute Gasteiger partial charge is 0.392 e. The number of benzene rings is 1. The number of piperidine rings is 2. The van der Waals surface area contributed by atoms with E-state index in [1.807, 2.05) is 25.6 Å². The van der Waals surface area contributed by atoms with E-state index < -0.39 is 0 Å². The Labute approximate surface area is 172 Å². The fourth-order valence-electron chi connectivity index (χ4n) is 4.83. The summed E-state index contributed by atoms with van der Waals surface area (Å²) < 4.78 is 15.1. The summed E-state index contributed by atoms with van der Waals surface area (Å²) in [6.45, 7) is 5.66. The molecule has 1 aromatic heterocycles. The first-order valence-corrected chi connectivity index (χ1v) is 10.5. The van der Waals surface area contributed by atoms with Crippen molar-refractivity contribution in [3.05, 3.63) is 59.9 Å². The van der Waals surface area contributed by atoms with E-state index in [0.717, 1.165) is 64.1 Å². The van der Waals surface area contributed by atoms with Crippen molar-refractivity contribution in [1.82, 2.24) is 19.4 Å². The predicted molar refractivity (Wildman–Crippen MR) is 113 cm³/mol. The van der Waals surface area contributed by atoms with Gasteiger partial charge in [-0.2, -0.15) is 0 Å². The molecule has 2 saturated heterocycles. The summed E-state index contributed by atoms with van der Waals surface area (Å²) in [5.74, 6) is -0.210. The van der Waals surface area contributed by atoms with Gasteiger partial charge in [0.1, 0.15) is 5.82 Å². The fourth-order valence-corrected chi connectivity index (χ4v) is 4.83. The number of β-amino-alcohol motifs (C(OH)–C–C–N with tert-alkyl or cyclic N) is 1. The highest BCUT2D eigenvalue weighted by Gasteiger charge is 2.41. The zero-order valence-corrected chi connectivity index (χ0v) is 17.2. The molecule has 0 amide bonds. The molecule has 6 heteroatoms. The van der Waals surface area contributed by atoms with Gasteiger partial charge in [0, 0.05) is 39.4 Å². The Morgan fingerprint density at radius 2 is 1.97 bits per heavy atom. The van der Waals surface area contributed by atoms with Gasteiger partial charge >= 0.3 is 0 Å². The second-order valence-electron chi connectivity index (χ2n) is 8.78. The molecular formula is C23H31FN4O. The highest BCUT2D eigenvalue weighted by molar-refractivity contribution is 5.48. The van der Waals surface area contributed by atoms with Gasteiger partial charge in [-0.25, -0.2) is 9.37 Å². The fraction of sp³-hybridized carbons (Fsp3) is 0.522. The number of hydrogen-bond donors (Lipinski definition) is 1. The summed E-state index contributed by atoms with van der Waals surface area (Å²) >= 11 is 0. The number of rotatable bonds is 5. The number of likely N-dealkylation sites (tertiary alicyclic amines) is 2. The van der Waals surface area contributed by atoms with Crippen LogP contribution < -0.4 is 0 Å². The first-order valence-electron chi connectivity index (χ1n) is 10.5. The molecule has 4 rings (SSSR count). The van der Waals surface area contributed by atoms with Gasteiger partial charge < -0.3 is 9.67 Å². The van der Waals surface area contributed by atoms with Crippen molar-refractivity contribution in [3.8, 4) is 0 Å². The Balaban J connectivity index is 1.31. The lowest BCUT2D eigenvalue weighted by Gasteiger charge is -2.49. The molecule has 5 nitrogen and oxygen atoms in total. The van der Waals surface area contributed by atoms with Crippen molar-refractivity contribution in [2.45, 2.75) is 31.9 Å². The van der Waals surface area contributed by atoms with E-state index in [1.165, 1.54) is 17.8 Å². The smallest absolute Gasteiger partial charge is 0.123 e. The molecule has 1 N–H and O–H groups in total. The van der Waals surface area contributed by atoms with Gasteiger partial charge in [0.2, 0.25) is 0 Å². The Hall–Kier alpha value is -2.02. The van der Waals surface area contributed by atoms with Crippen LogP contribution in [0.4, 0.5) is 4.39 Å². The number of imidazole rings is 1. The van der Waals surface area contributed by atoms with Crippen molar-refractivity contribution >= 4 is 6.08 Å². The van der Waals surface area contributed by atoms with Crippen LogP contribution in [0.3, 0.4) is 0 Å². The summed E-state index contributed by atoms with van der Waals surface area (Å²) in [5.41, 5.74) is 2.46. The number of aliphatic hydroxyl groups excluding tert-OH is 1. The maximum Gasteiger partial charge on any atom is 0.123 e. The second-order valence-corrected chi connectivity index (χ2v) is 8.78. The molecular weight excluding hydrogens is 367 g/mol. The standard InChI is InChI=1S/C23H31FN4O/c1-26-18-25-14-21(26)15-27-11-8-23(9-12-27)13-22(29)16-28(17-23)10-2-3-19-4-6-20(24)7-5-19/h2-7,14,18,22,29H,8-13,15-17H2,1H3/b3-2+. The van der Waals surface area contributed by atoms with Gasteiger partial charge in [0.15, 0.2) is 0 Å². The summed E-state index contributed by atoms with van der Waals surface area (Å²) in [4.78, 5) is 9.08. The van der Waals surface area contributed by atoms with Crippen molar-refractivity contribution < 1.29 is 9.50 Å². The molecule has 1 aromatic carbocycles. The van der Waals surface area contributed by atoms with Gasteiger partial charge in [0.25, 0.3) is 0 Å². The molecule has 29 heavy (non-hydrogen) atoms. The first kappa shape index (κ1) is 20.3. The van der Waals surface area contributed by atoms with Gasteiger partial charge in [-0.15, -0.1) is 0 Å². The molecule has 0 radical (unpaired) electrons. The SMILES string of the molecule is Cn1cncc1CN1CCC2(CC1)CC(O)CN(C/C=C/c1ccc(F)cc1)C2. The van der Waals surface area contributed by atoms with Crippen molar-refractivity contribution in [2.24, 2.45) is 12.5 Å². The summed E-state index contributed by atoms with van der Waals surface area (Å²) in [7, 11) is 2.04. The van der Waals surface area contributed by atoms with Crippen molar-refractivity contribution in [3.63, 3.8) is 0 Å². The second kappa shape index (κ2) is 8.78. The van der Waals surface area contributed by atoms with Gasteiger partial charge in [-0.05, 0) is 55.5 Å². The van der Waals surface area contributed by atoms with Gasteiger partial charge in [-0.1, -0.05) is 24.3 Å². The number of halogens is 1. The van der Waals surface area contributed by atoms with Gasteiger partial charge in [0.05, 0.1) is 18.1 Å². The molecule has 0 aliphatic carbocycles. The monoisotopic (exact) mass is 398 g/mol. The van der Waals surface area contributed by atoms with Crippen LogP contribution in [0.25, 0.3) is 6.08 Å². The van der Waals surface area contributed by atoms with Crippen LogP contribution in [-0.2, 0) is 13.6 Å². The lowest BCUT2D eigenvalue weighted by atomic mass is 9.71. The molecule has 1 unspecified atom stereocenters. The third-order valence-electron chi connectivity index (χ3n) is 6.46. The number of aryl methyl sites for hydroxylation is 1. The topological polar surface area (TPSA) is 44.5 Å². The lowest BCUT2D eigenvalue weighted by molar-refractivity contribution is -0.0382. The van der Waals surface area contributed by atoms with Crippen molar-refractivity contribution in [2.75, 3.05) is 32.7 Å². The third-order valence-corrected chi connectivity index (χ3v) is 6.46. The van der Waals surface area contributed by atoms with Crippen LogP contribution in [0.2, 0.25) is 0 Å². The average molecular weight is 399 g/mol. The molecule has 0 saturated carbocycles. The van der Waals surface area contributed by atoms with Gasteiger partial charge in [-0.3, -0.25) is 9.80 Å². The van der Waals surface area contributed by atoms with E-state index in [4.69, 9.17) is 0 Å². The summed E-state index contributed by atoms with van der Waals surface area (Å²) in [6, 6.07) is 6.55. The molecule has 0 bridgehead atoms. The maximum atomic E-state index is 13.0. The molecule has 1 spiro atoms. The quantitative estimate of drug-likeness (QED) is 0.841. The number of aromatic nitrogens is 2. The third kappa shape index (κ3) is 5.13. The Morgan fingerprint density at radius 1 is 1.21 bits per heavy atom. The minimum atomic E-state index is -0.258. The number of aliphatic hydroxyl groups is 1. The minimum absolute atomic E-state index is 0.210. The summed E-state index contributed by atoms with van der Waals surface area (Å²) in [5, 5.41) is 10.5. The lowest BCUT2D eigenvalue weighted by Crippen LogP contribution is -2.53. The normalized spacial score (nSPS) is 23.2. The predicted octanol–water partition coefficient (Wildman–Crippen LogP) is 2.92. The highest BCUT2D eigenvalue weighted by Crippen LogP contribution is 2.40. The highest BCUT2D eigenvalue weighted by atomic mass is 19.1. The van der Waals surface area contributed by atoms with Crippen LogP contribution in [-0.4, -0.2) is 63.3 Å². The first-order chi connectivity index (χ1) is 14.0. The van der Waals surface area contributed by atoms with Crippen LogP contribution in [0, 0.1) is 11.2 Å². The van der Waals surface area contributed by atoms with E-state index in [-0.39, 0.29) is 17.3 Å². The van der Waals surface area contributed by atoms with E-state index in [1.54, 1.807) is 12.1 Å². The van der Waals surface area contributed by atoms with E-state index in [2.05, 4.69) is 25.4 Å². The molecule has 1 atom stereocenters. The average Bonchev–Trinajstić information content (AvgIpc) is 3.09. The maximum absolute atomic E-state index is 13.0. The Morgan fingerprint density at radius 3 is 2.66 bits per heavy atom. The molecule has 2 aliphatic rings. The van der Waals surface area contributed by atoms with Crippen LogP contribution >= 0.6 is 0 Å². The van der Waals surface area contributed by atoms with E-state index in [0.29, 0.717) is 0 Å². The summed E-state index contributed by atoms with van der Waals surface area (Å²) in [6.07, 6.45) is 10.9. The Kier molecular flexibility index (Phi) is 6.13. The minimum Gasteiger partial charge on any atom is -0.392 e.